The minimum Gasteiger partial charge on any atom is -0.493 e. The molecule has 2 aromatic carbocycles. The number of rotatable bonds is 9. The number of benzene rings is 2. The third-order valence-corrected chi connectivity index (χ3v) is 4.21. The van der Waals surface area contributed by atoms with Gasteiger partial charge in [-0.1, -0.05) is 36.4 Å². The van der Waals surface area contributed by atoms with Gasteiger partial charge in [0.15, 0.2) is 11.5 Å². The summed E-state index contributed by atoms with van der Waals surface area (Å²) in [7, 11) is 1.63. The summed E-state index contributed by atoms with van der Waals surface area (Å²) in [6.07, 6.45) is 1.21. The van der Waals surface area contributed by atoms with Crippen molar-refractivity contribution >= 4 is 5.91 Å². The summed E-state index contributed by atoms with van der Waals surface area (Å²) in [6, 6.07) is 15.9. The van der Waals surface area contributed by atoms with Crippen molar-refractivity contribution in [3.63, 3.8) is 0 Å². The summed E-state index contributed by atoms with van der Waals surface area (Å²) in [5.74, 6) is 1.60. The lowest BCUT2D eigenvalue weighted by molar-refractivity contribution is -0.130. The molecule has 134 valence electrons. The molecule has 0 N–H and O–H groups in total. The van der Waals surface area contributed by atoms with Crippen LogP contribution < -0.4 is 9.47 Å². The Hall–Kier alpha value is -2.49. The molecule has 0 aliphatic carbocycles. The fourth-order valence-corrected chi connectivity index (χ4v) is 2.71. The Morgan fingerprint density at radius 1 is 0.960 bits per heavy atom. The molecule has 0 saturated heterocycles. The lowest BCUT2D eigenvalue weighted by Gasteiger charge is -2.18. The van der Waals surface area contributed by atoms with E-state index in [-0.39, 0.29) is 5.91 Å². The zero-order valence-corrected chi connectivity index (χ0v) is 15.3. The number of methoxy groups -OCH3 is 1. The van der Waals surface area contributed by atoms with Crippen LogP contribution in [0.5, 0.6) is 11.5 Å². The van der Waals surface area contributed by atoms with E-state index in [0.29, 0.717) is 30.9 Å². The highest BCUT2D eigenvalue weighted by Gasteiger charge is 2.11. The van der Waals surface area contributed by atoms with E-state index >= 15 is 0 Å². The molecule has 0 aliphatic rings. The minimum absolute atomic E-state index is 0.188. The van der Waals surface area contributed by atoms with Crippen LogP contribution in [0, 0.1) is 0 Å². The van der Waals surface area contributed by atoms with Gasteiger partial charge >= 0.3 is 0 Å². The largest absolute Gasteiger partial charge is 0.493 e. The summed E-state index contributed by atoms with van der Waals surface area (Å²) in [6.45, 7) is 6.01. The highest BCUT2D eigenvalue weighted by atomic mass is 16.5. The number of hydrogen-bond acceptors (Lipinski definition) is 3. The number of carbonyl (C=O) groups is 1. The molecule has 0 spiro atoms. The molecule has 0 fully saturated rings. The van der Waals surface area contributed by atoms with Gasteiger partial charge in [0.2, 0.25) is 5.91 Å². The molecule has 25 heavy (non-hydrogen) atoms. The number of hydrogen-bond donors (Lipinski definition) is 0. The molecule has 0 unspecified atom stereocenters. The predicted octanol–water partition coefficient (Wildman–Crippen LogP) is 4.08. The van der Waals surface area contributed by atoms with E-state index in [4.69, 9.17) is 9.47 Å². The van der Waals surface area contributed by atoms with Crippen LogP contribution in [-0.4, -0.2) is 31.0 Å². The van der Waals surface area contributed by atoms with Crippen LogP contribution >= 0.6 is 0 Å². The van der Waals surface area contributed by atoms with E-state index in [2.05, 4.69) is 0 Å². The molecule has 0 aliphatic heterocycles. The van der Waals surface area contributed by atoms with E-state index in [1.54, 1.807) is 7.11 Å². The van der Waals surface area contributed by atoms with Crippen molar-refractivity contribution in [1.82, 2.24) is 4.90 Å². The fraction of sp³-hybridized carbons (Fsp3) is 0.381. The van der Waals surface area contributed by atoms with E-state index in [0.717, 1.165) is 24.2 Å². The van der Waals surface area contributed by atoms with Crippen LogP contribution in [0.2, 0.25) is 0 Å². The van der Waals surface area contributed by atoms with Gasteiger partial charge in [-0.3, -0.25) is 4.79 Å². The summed E-state index contributed by atoms with van der Waals surface area (Å²) >= 11 is 0. The van der Waals surface area contributed by atoms with Crippen molar-refractivity contribution in [1.29, 1.82) is 0 Å². The first-order valence-corrected chi connectivity index (χ1v) is 8.79. The molecular formula is C21H27NO3. The van der Waals surface area contributed by atoms with Gasteiger partial charge in [-0.2, -0.15) is 0 Å². The van der Waals surface area contributed by atoms with Gasteiger partial charge in [-0.25, -0.2) is 0 Å². The van der Waals surface area contributed by atoms with Gasteiger partial charge in [0.05, 0.1) is 7.11 Å². The van der Waals surface area contributed by atoms with E-state index < -0.39 is 0 Å². The average Bonchev–Trinajstić information content (AvgIpc) is 2.66. The Kier molecular flexibility index (Phi) is 7.33. The van der Waals surface area contributed by atoms with Crippen LogP contribution in [-0.2, 0) is 17.8 Å². The second-order valence-electron chi connectivity index (χ2n) is 5.83. The Morgan fingerprint density at radius 3 is 2.32 bits per heavy atom. The van der Waals surface area contributed by atoms with Crippen molar-refractivity contribution < 1.29 is 14.3 Å². The number of aryl methyl sites for hydroxylation is 1. The van der Waals surface area contributed by atoms with Gasteiger partial charge in [0.25, 0.3) is 0 Å². The fourth-order valence-electron chi connectivity index (χ4n) is 2.71. The molecule has 0 atom stereocenters. The Balaban J connectivity index is 1.97. The van der Waals surface area contributed by atoms with Gasteiger partial charge < -0.3 is 14.4 Å². The molecule has 1 amide bonds. The lowest BCUT2D eigenvalue weighted by atomic mass is 10.1. The highest BCUT2D eigenvalue weighted by molar-refractivity contribution is 5.76. The Bertz CT molecular complexity index is 666. The molecule has 0 aromatic heterocycles. The number of ether oxygens (including phenoxy) is 2. The topological polar surface area (TPSA) is 38.8 Å². The van der Waals surface area contributed by atoms with Crippen LogP contribution in [0.25, 0.3) is 0 Å². The van der Waals surface area contributed by atoms with Crippen molar-refractivity contribution in [2.75, 3.05) is 20.2 Å². The van der Waals surface area contributed by atoms with Gasteiger partial charge in [0.1, 0.15) is 6.61 Å². The smallest absolute Gasteiger partial charge is 0.222 e. The van der Waals surface area contributed by atoms with E-state index in [1.807, 2.05) is 67.3 Å². The molecule has 4 heteroatoms. The maximum absolute atomic E-state index is 12.1. The van der Waals surface area contributed by atoms with E-state index in [9.17, 15) is 4.79 Å². The molecule has 0 heterocycles. The predicted molar refractivity (Wildman–Crippen MR) is 100 cm³/mol. The normalized spacial score (nSPS) is 10.4. The summed E-state index contributed by atoms with van der Waals surface area (Å²) in [5, 5.41) is 0. The monoisotopic (exact) mass is 341 g/mol. The summed E-state index contributed by atoms with van der Waals surface area (Å²) in [4.78, 5) is 14.0. The molecular weight excluding hydrogens is 314 g/mol. The zero-order valence-electron chi connectivity index (χ0n) is 15.3. The summed E-state index contributed by atoms with van der Waals surface area (Å²) in [5.41, 5.74) is 2.18. The van der Waals surface area contributed by atoms with Crippen LogP contribution in [0.4, 0.5) is 0 Å². The van der Waals surface area contributed by atoms with Gasteiger partial charge in [0, 0.05) is 19.5 Å². The highest BCUT2D eigenvalue weighted by Crippen LogP contribution is 2.29. The average molecular weight is 341 g/mol. The van der Waals surface area contributed by atoms with Crippen molar-refractivity contribution in [2.45, 2.75) is 33.3 Å². The second kappa shape index (κ2) is 9.72. The molecule has 4 nitrogen and oxygen atoms in total. The quantitative estimate of drug-likeness (QED) is 0.690. The van der Waals surface area contributed by atoms with Gasteiger partial charge in [-0.15, -0.1) is 0 Å². The third kappa shape index (κ3) is 5.52. The molecule has 0 radical (unpaired) electrons. The number of nitrogens with zero attached hydrogens (tertiary/aromatic N) is 1. The summed E-state index contributed by atoms with van der Waals surface area (Å²) < 4.78 is 11.3. The number of amides is 1. The SMILES string of the molecule is CCN(CC)C(=O)CCc1ccc(OCc2ccccc2)c(OC)c1. The third-order valence-electron chi connectivity index (χ3n) is 4.21. The second-order valence-corrected chi connectivity index (χ2v) is 5.83. The molecule has 2 aromatic rings. The molecule has 0 bridgehead atoms. The maximum Gasteiger partial charge on any atom is 0.222 e. The van der Waals surface area contributed by atoms with Gasteiger partial charge in [-0.05, 0) is 43.5 Å². The van der Waals surface area contributed by atoms with Crippen LogP contribution in [0.15, 0.2) is 48.5 Å². The lowest BCUT2D eigenvalue weighted by Crippen LogP contribution is -2.30. The zero-order chi connectivity index (χ0) is 18.1. The van der Waals surface area contributed by atoms with Crippen LogP contribution in [0.1, 0.15) is 31.4 Å². The minimum atomic E-state index is 0.188. The Labute approximate surface area is 150 Å². The molecule has 2 rings (SSSR count). The van der Waals surface area contributed by atoms with Crippen LogP contribution in [0.3, 0.4) is 0 Å². The Morgan fingerprint density at radius 2 is 1.68 bits per heavy atom. The van der Waals surface area contributed by atoms with E-state index in [1.165, 1.54) is 0 Å². The maximum atomic E-state index is 12.1. The first-order chi connectivity index (χ1) is 12.2. The number of carbonyl (C=O) groups excluding carboxylic acids is 1. The standard InChI is InChI=1S/C21H27NO3/c1-4-22(5-2)21(23)14-12-17-11-13-19(20(15-17)24-3)25-16-18-9-7-6-8-10-18/h6-11,13,15H,4-5,12,14,16H2,1-3H3. The first-order valence-electron chi connectivity index (χ1n) is 8.79. The van der Waals surface area contributed by atoms with Crippen molar-refractivity contribution in [2.24, 2.45) is 0 Å². The first kappa shape index (κ1) is 18.8. The van der Waals surface area contributed by atoms with Crippen molar-refractivity contribution in [3.8, 4) is 11.5 Å². The van der Waals surface area contributed by atoms with Crippen molar-refractivity contribution in [3.05, 3.63) is 59.7 Å². The molecule has 0 saturated carbocycles.